The molecule has 1 atom stereocenters. The largest absolute Gasteiger partial charge is 0.356 e. The van der Waals surface area contributed by atoms with E-state index in [-0.39, 0.29) is 5.41 Å². The number of rotatable bonds is 2. The van der Waals surface area contributed by atoms with Crippen molar-refractivity contribution in [3.8, 4) is 0 Å². The van der Waals surface area contributed by atoms with E-state index in [4.69, 9.17) is 4.98 Å². The van der Waals surface area contributed by atoms with Gasteiger partial charge in [-0.05, 0) is 38.8 Å². The van der Waals surface area contributed by atoms with Gasteiger partial charge < -0.3 is 4.90 Å². The van der Waals surface area contributed by atoms with Crippen molar-refractivity contribution in [3.05, 3.63) is 41.6 Å². The van der Waals surface area contributed by atoms with E-state index in [0.717, 1.165) is 59.9 Å². The number of fused-ring (bicyclic) bond motifs is 1. The second kappa shape index (κ2) is 5.79. The zero-order valence-electron chi connectivity index (χ0n) is 15.3. The summed E-state index contributed by atoms with van der Waals surface area (Å²) in [4.78, 5) is 16.0. The molecular weight excluding hydrogens is 312 g/mol. The van der Waals surface area contributed by atoms with Crippen LogP contribution in [0.5, 0.6) is 0 Å². The van der Waals surface area contributed by atoms with Gasteiger partial charge in [0, 0.05) is 42.7 Å². The molecule has 0 aromatic carbocycles. The third-order valence-electron chi connectivity index (χ3n) is 5.30. The zero-order valence-corrected chi connectivity index (χ0v) is 15.3. The Morgan fingerprint density at radius 2 is 2.00 bits per heavy atom. The van der Waals surface area contributed by atoms with E-state index in [1.807, 2.05) is 25.6 Å². The number of aromatic nitrogens is 5. The van der Waals surface area contributed by atoms with Crippen LogP contribution in [-0.4, -0.2) is 37.8 Å². The van der Waals surface area contributed by atoms with Gasteiger partial charge in [-0.25, -0.2) is 15.0 Å². The number of pyridine rings is 1. The number of aryl methyl sites for hydroxylation is 3. The fraction of sp³-hybridized carbons (Fsp3) is 0.474. The first-order valence-corrected chi connectivity index (χ1v) is 8.81. The molecule has 6 nitrogen and oxygen atoms in total. The summed E-state index contributed by atoms with van der Waals surface area (Å²) in [6.45, 7) is 8.29. The van der Waals surface area contributed by atoms with Gasteiger partial charge in [-0.2, -0.15) is 5.10 Å². The van der Waals surface area contributed by atoms with Crippen molar-refractivity contribution in [1.82, 2.24) is 24.7 Å². The lowest BCUT2D eigenvalue weighted by Gasteiger charge is -2.40. The second-order valence-corrected chi connectivity index (χ2v) is 7.38. The van der Waals surface area contributed by atoms with Crippen molar-refractivity contribution in [2.45, 2.75) is 39.0 Å². The minimum Gasteiger partial charge on any atom is -0.356 e. The minimum absolute atomic E-state index is 0.00344. The Hall–Kier alpha value is -2.50. The molecule has 1 saturated heterocycles. The van der Waals surface area contributed by atoms with Crippen molar-refractivity contribution < 1.29 is 0 Å². The predicted octanol–water partition coefficient (Wildman–Crippen LogP) is 2.93. The highest BCUT2D eigenvalue weighted by molar-refractivity contribution is 5.78. The lowest BCUT2D eigenvalue weighted by Crippen LogP contribution is -2.45. The first kappa shape index (κ1) is 16.0. The van der Waals surface area contributed by atoms with Crippen LogP contribution in [0.1, 0.15) is 36.8 Å². The Morgan fingerprint density at radius 3 is 2.80 bits per heavy atom. The molecule has 130 valence electrons. The molecule has 3 aromatic rings. The van der Waals surface area contributed by atoms with Gasteiger partial charge in [-0.1, -0.05) is 6.92 Å². The molecule has 0 spiro atoms. The maximum atomic E-state index is 4.98. The van der Waals surface area contributed by atoms with Gasteiger partial charge in [-0.15, -0.1) is 0 Å². The van der Waals surface area contributed by atoms with Crippen molar-refractivity contribution >= 4 is 16.9 Å². The summed E-state index contributed by atoms with van der Waals surface area (Å²) in [6.07, 6.45) is 3.91. The van der Waals surface area contributed by atoms with E-state index < -0.39 is 0 Å². The molecule has 0 unspecified atom stereocenters. The Morgan fingerprint density at radius 1 is 1.16 bits per heavy atom. The molecule has 1 aliphatic heterocycles. The monoisotopic (exact) mass is 336 g/mol. The molecule has 0 bridgehead atoms. The average molecular weight is 336 g/mol. The standard InChI is InChI=1S/C19H24N6/c1-13-10-17(21-12-20-13)25-9-5-8-19(3,11-25)16-7-6-15-14(2)23-24(4)18(15)22-16/h6-7,10,12H,5,8-9,11H2,1-4H3/t19-/m0/s1. The van der Waals surface area contributed by atoms with Crippen LogP contribution in [0.15, 0.2) is 24.5 Å². The summed E-state index contributed by atoms with van der Waals surface area (Å²) in [5.74, 6) is 1.01. The van der Waals surface area contributed by atoms with Gasteiger partial charge in [0.25, 0.3) is 0 Å². The van der Waals surface area contributed by atoms with Crippen LogP contribution < -0.4 is 4.90 Å². The lowest BCUT2D eigenvalue weighted by molar-refractivity contribution is 0.363. The van der Waals surface area contributed by atoms with Gasteiger partial charge in [0.1, 0.15) is 12.1 Å². The molecule has 6 heteroatoms. The van der Waals surface area contributed by atoms with Crippen molar-refractivity contribution in [1.29, 1.82) is 0 Å². The van der Waals surface area contributed by atoms with Crippen LogP contribution in [0.2, 0.25) is 0 Å². The SMILES string of the molecule is Cc1cc(N2CCC[C@](C)(c3ccc4c(C)nn(C)c4n3)C2)ncn1. The number of piperidine rings is 1. The van der Waals surface area contributed by atoms with E-state index in [1.165, 1.54) is 0 Å². The second-order valence-electron chi connectivity index (χ2n) is 7.38. The topological polar surface area (TPSA) is 59.7 Å². The highest BCUT2D eigenvalue weighted by Crippen LogP contribution is 2.35. The molecule has 4 rings (SSSR count). The molecule has 25 heavy (non-hydrogen) atoms. The first-order valence-electron chi connectivity index (χ1n) is 8.81. The Balaban J connectivity index is 1.70. The molecule has 0 saturated carbocycles. The van der Waals surface area contributed by atoms with E-state index in [2.05, 4.69) is 45.1 Å². The zero-order chi connectivity index (χ0) is 17.6. The third-order valence-corrected chi connectivity index (χ3v) is 5.30. The molecule has 0 amide bonds. The Labute approximate surface area is 147 Å². The van der Waals surface area contributed by atoms with Crippen LogP contribution >= 0.6 is 0 Å². The number of anilines is 1. The van der Waals surface area contributed by atoms with Gasteiger partial charge in [-0.3, -0.25) is 4.68 Å². The predicted molar refractivity (Wildman–Crippen MR) is 98.8 cm³/mol. The molecular formula is C19H24N6. The van der Waals surface area contributed by atoms with Crippen LogP contribution in [0.25, 0.3) is 11.0 Å². The number of nitrogens with zero attached hydrogens (tertiary/aromatic N) is 6. The van der Waals surface area contributed by atoms with Gasteiger partial charge in [0.2, 0.25) is 0 Å². The maximum Gasteiger partial charge on any atom is 0.158 e. The van der Waals surface area contributed by atoms with Gasteiger partial charge >= 0.3 is 0 Å². The van der Waals surface area contributed by atoms with Crippen LogP contribution in [0.3, 0.4) is 0 Å². The Kier molecular flexibility index (Phi) is 3.71. The van der Waals surface area contributed by atoms with Gasteiger partial charge in [0.15, 0.2) is 5.65 Å². The van der Waals surface area contributed by atoms with Crippen LogP contribution in [0, 0.1) is 13.8 Å². The van der Waals surface area contributed by atoms with Crippen molar-refractivity contribution in [2.75, 3.05) is 18.0 Å². The first-order chi connectivity index (χ1) is 12.0. The van der Waals surface area contributed by atoms with Crippen LogP contribution in [-0.2, 0) is 12.5 Å². The third kappa shape index (κ3) is 2.75. The van der Waals surface area contributed by atoms with E-state index in [0.29, 0.717) is 0 Å². The highest BCUT2D eigenvalue weighted by atomic mass is 15.3. The Bertz CT molecular complexity index is 931. The molecule has 3 aromatic heterocycles. The smallest absolute Gasteiger partial charge is 0.158 e. The molecule has 1 fully saturated rings. The summed E-state index contributed by atoms with van der Waals surface area (Å²) >= 11 is 0. The van der Waals surface area contributed by atoms with Crippen LogP contribution in [0.4, 0.5) is 5.82 Å². The summed E-state index contributed by atoms with van der Waals surface area (Å²) in [6, 6.07) is 6.40. The molecule has 4 heterocycles. The van der Waals surface area contributed by atoms with Crippen molar-refractivity contribution in [3.63, 3.8) is 0 Å². The normalized spacial score (nSPS) is 21.0. The van der Waals surface area contributed by atoms with Gasteiger partial charge in [0.05, 0.1) is 11.4 Å². The highest BCUT2D eigenvalue weighted by Gasteiger charge is 2.35. The number of hydrogen-bond acceptors (Lipinski definition) is 5. The molecule has 0 N–H and O–H groups in total. The maximum absolute atomic E-state index is 4.98. The van der Waals surface area contributed by atoms with E-state index in [1.54, 1.807) is 6.33 Å². The average Bonchev–Trinajstić information content (AvgIpc) is 2.89. The summed E-state index contributed by atoms with van der Waals surface area (Å²) in [5, 5.41) is 5.63. The van der Waals surface area contributed by atoms with E-state index >= 15 is 0 Å². The number of hydrogen-bond donors (Lipinski definition) is 0. The summed E-state index contributed by atoms with van der Waals surface area (Å²) < 4.78 is 1.88. The minimum atomic E-state index is 0.00344. The molecule has 1 aliphatic rings. The molecule has 0 aliphatic carbocycles. The lowest BCUT2D eigenvalue weighted by atomic mass is 9.78. The fourth-order valence-electron chi connectivity index (χ4n) is 3.90. The fourth-order valence-corrected chi connectivity index (χ4v) is 3.90. The molecule has 0 radical (unpaired) electrons. The quantitative estimate of drug-likeness (QED) is 0.720. The summed E-state index contributed by atoms with van der Waals surface area (Å²) in [5.41, 5.74) is 4.14. The van der Waals surface area contributed by atoms with Crippen molar-refractivity contribution in [2.24, 2.45) is 7.05 Å². The summed E-state index contributed by atoms with van der Waals surface area (Å²) in [7, 11) is 1.96. The van der Waals surface area contributed by atoms with E-state index in [9.17, 15) is 0 Å².